The Kier molecular flexibility index (Phi) is 3.48. The van der Waals surface area contributed by atoms with Crippen LogP contribution in [-0.2, 0) is 9.31 Å². The van der Waals surface area contributed by atoms with Gasteiger partial charge in [-0.25, -0.2) is 8.78 Å². The third-order valence-corrected chi connectivity index (χ3v) is 4.05. The highest BCUT2D eigenvalue weighted by molar-refractivity contribution is 6.62. The van der Waals surface area contributed by atoms with Gasteiger partial charge in [0.2, 0.25) is 0 Å². The van der Waals surface area contributed by atoms with Crippen molar-refractivity contribution < 1.29 is 18.1 Å². The summed E-state index contributed by atoms with van der Waals surface area (Å²) in [4.78, 5) is 0. The highest BCUT2D eigenvalue weighted by Gasteiger charge is 2.52. The zero-order valence-corrected chi connectivity index (χ0v) is 12.0. The first kappa shape index (κ1) is 14.5. The molecule has 1 saturated heterocycles. The fourth-order valence-corrected chi connectivity index (χ4v) is 2.07. The lowest BCUT2D eigenvalue weighted by Gasteiger charge is -2.32. The summed E-state index contributed by atoms with van der Waals surface area (Å²) in [6.07, 6.45) is -2.45. The van der Waals surface area contributed by atoms with E-state index >= 15 is 0 Å². The van der Waals surface area contributed by atoms with Crippen molar-refractivity contribution in [2.75, 3.05) is 0 Å². The fraction of sp³-hybridized carbons (Fsp3) is 0.571. The van der Waals surface area contributed by atoms with E-state index in [-0.39, 0.29) is 5.56 Å². The zero-order valence-electron chi connectivity index (χ0n) is 12.0. The molecular weight excluding hydrogens is 249 g/mol. The maximum Gasteiger partial charge on any atom is 0.495 e. The van der Waals surface area contributed by atoms with E-state index in [0.717, 1.165) is 11.0 Å². The smallest absolute Gasteiger partial charge is 0.399 e. The van der Waals surface area contributed by atoms with E-state index in [0.29, 0.717) is 0 Å². The summed E-state index contributed by atoms with van der Waals surface area (Å²) in [7, 11) is -0.503. The Hall–Kier alpha value is -0.935. The highest BCUT2D eigenvalue weighted by Crippen LogP contribution is 2.36. The number of halogens is 2. The highest BCUT2D eigenvalue weighted by atomic mass is 19.3. The number of aryl methyl sites for hydroxylation is 1. The fourth-order valence-electron chi connectivity index (χ4n) is 2.07. The molecule has 0 aliphatic carbocycles. The van der Waals surface area contributed by atoms with Crippen LogP contribution >= 0.6 is 0 Å². The third-order valence-electron chi connectivity index (χ3n) is 4.05. The Morgan fingerprint density at radius 2 is 1.58 bits per heavy atom. The molecule has 2 nitrogen and oxygen atoms in total. The Balaban J connectivity index is 2.30. The molecule has 1 aromatic rings. The van der Waals surface area contributed by atoms with E-state index in [1.165, 1.54) is 12.1 Å². The lowest BCUT2D eigenvalue weighted by molar-refractivity contribution is 0.00578. The molecule has 104 valence electrons. The quantitative estimate of drug-likeness (QED) is 0.766. The first-order chi connectivity index (χ1) is 8.64. The predicted molar refractivity (Wildman–Crippen MR) is 71.9 cm³/mol. The first-order valence-corrected chi connectivity index (χ1v) is 6.38. The average molecular weight is 268 g/mol. The predicted octanol–water partition coefficient (Wildman–Crippen LogP) is 3.23. The van der Waals surface area contributed by atoms with Crippen molar-refractivity contribution in [2.45, 2.75) is 52.2 Å². The molecule has 2 rings (SSSR count). The van der Waals surface area contributed by atoms with Crippen LogP contribution in [0.1, 0.15) is 45.2 Å². The zero-order chi connectivity index (χ0) is 14.4. The van der Waals surface area contributed by atoms with Crippen molar-refractivity contribution in [1.82, 2.24) is 0 Å². The van der Waals surface area contributed by atoms with E-state index in [2.05, 4.69) is 0 Å². The normalized spacial score (nSPS) is 21.2. The Bertz CT molecular complexity index is 470. The number of benzene rings is 1. The maximum atomic E-state index is 12.6. The molecule has 19 heavy (non-hydrogen) atoms. The van der Waals surface area contributed by atoms with Crippen LogP contribution in [0.2, 0.25) is 0 Å². The van der Waals surface area contributed by atoms with Crippen LogP contribution in [0.5, 0.6) is 0 Å². The van der Waals surface area contributed by atoms with Crippen molar-refractivity contribution >= 4 is 12.6 Å². The van der Waals surface area contributed by atoms with E-state index in [9.17, 15) is 8.78 Å². The molecule has 1 fully saturated rings. The number of hydrogen-bond donors (Lipinski definition) is 0. The van der Waals surface area contributed by atoms with Crippen molar-refractivity contribution in [3.05, 3.63) is 29.3 Å². The summed E-state index contributed by atoms with van der Waals surface area (Å²) >= 11 is 0. The van der Waals surface area contributed by atoms with Crippen molar-refractivity contribution in [2.24, 2.45) is 0 Å². The van der Waals surface area contributed by atoms with Crippen LogP contribution in [0.3, 0.4) is 0 Å². The molecule has 1 aliphatic heterocycles. The largest absolute Gasteiger partial charge is 0.495 e. The molecule has 0 unspecified atom stereocenters. The van der Waals surface area contributed by atoms with Gasteiger partial charge in [0.25, 0.3) is 6.43 Å². The van der Waals surface area contributed by atoms with Gasteiger partial charge in [0, 0.05) is 5.56 Å². The Morgan fingerprint density at radius 1 is 1.05 bits per heavy atom. The topological polar surface area (TPSA) is 18.5 Å². The summed E-state index contributed by atoms with van der Waals surface area (Å²) in [5.41, 5.74) is 0.744. The van der Waals surface area contributed by atoms with E-state index in [1.54, 1.807) is 13.0 Å². The van der Waals surface area contributed by atoms with Crippen LogP contribution in [0.25, 0.3) is 0 Å². The minimum absolute atomic E-state index is 0.0257. The Morgan fingerprint density at radius 3 is 2.00 bits per heavy atom. The molecule has 0 aromatic heterocycles. The SMILES string of the molecule is Cc1cc(C(F)F)ccc1B1OC(C)(C)C(C)(C)O1. The molecule has 0 bridgehead atoms. The van der Waals surface area contributed by atoms with E-state index in [1.807, 2.05) is 27.7 Å². The molecular formula is C14H19BF2O2. The molecule has 0 N–H and O–H groups in total. The summed E-state index contributed by atoms with van der Waals surface area (Å²) in [5, 5.41) is 0. The molecule has 0 atom stereocenters. The summed E-state index contributed by atoms with van der Waals surface area (Å²) in [5.74, 6) is 0. The molecule has 0 amide bonds. The van der Waals surface area contributed by atoms with Gasteiger partial charge in [0.1, 0.15) is 0 Å². The number of rotatable bonds is 2. The molecule has 0 radical (unpaired) electrons. The van der Waals surface area contributed by atoms with Gasteiger partial charge in [-0.2, -0.15) is 0 Å². The van der Waals surface area contributed by atoms with Crippen LogP contribution in [0, 0.1) is 6.92 Å². The van der Waals surface area contributed by atoms with Gasteiger partial charge >= 0.3 is 7.12 Å². The van der Waals surface area contributed by atoms with Gasteiger partial charge in [-0.15, -0.1) is 0 Å². The number of hydrogen-bond acceptors (Lipinski definition) is 2. The molecule has 0 spiro atoms. The maximum absolute atomic E-state index is 12.6. The molecule has 5 heteroatoms. The van der Waals surface area contributed by atoms with Crippen molar-refractivity contribution in [3.63, 3.8) is 0 Å². The van der Waals surface area contributed by atoms with Gasteiger partial charge in [0.05, 0.1) is 11.2 Å². The molecule has 0 saturated carbocycles. The second-order valence-corrected chi connectivity index (χ2v) is 6.00. The lowest BCUT2D eigenvalue weighted by atomic mass is 9.76. The van der Waals surface area contributed by atoms with E-state index in [4.69, 9.17) is 9.31 Å². The third kappa shape index (κ3) is 2.54. The monoisotopic (exact) mass is 268 g/mol. The lowest BCUT2D eigenvalue weighted by Crippen LogP contribution is -2.41. The van der Waals surface area contributed by atoms with Gasteiger partial charge in [-0.05, 0) is 40.1 Å². The summed E-state index contributed by atoms with van der Waals surface area (Å²) in [6.45, 7) is 9.67. The average Bonchev–Trinajstić information content (AvgIpc) is 2.47. The standard InChI is InChI=1S/C14H19BF2O2/c1-9-8-10(12(16)17)6-7-11(9)15-18-13(2,3)14(4,5)19-15/h6-8,12H,1-5H3. The second-order valence-electron chi connectivity index (χ2n) is 6.00. The van der Waals surface area contributed by atoms with Crippen LogP contribution in [0.15, 0.2) is 18.2 Å². The Labute approximate surface area is 113 Å². The van der Waals surface area contributed by atoms with Gasteiger partial charge in [-0.1, -0.05) is 23.8 Å². The minimum Gasteiger partial charge on any atom is -0.399 e. The van der Waals surface area contributed by atoms with Crippen molar-refractivity contribution in [3.8, 4) is 0 Å². The van der Waals surface area contributed by atoms with Crippen LogP contribution in [-0.4, -0.2) is 18.3 Å². The molecule has 1 aromatic carbocycles. The summed E-state index contributed by atoms with van der Waals surface area (Å²) < 4.78 is 37.1. The molecule has 1 heterocycles. The minimum atomic E-state index is -2.45. The molecule has 1 aliphatic rings. The van der Waals surface area contributed by atoms with E-state index < -0.39 is 24.7 Å². The second kappa shape index (κ2) is 4.56. The summed E-state index contributed by atoms with van der Waals surface area (Å²) in [6, 6.07) is 4.59. The van der Waals surface area contributed by atoms with Crippen LogP contribution < -0.4 is 5.46 Å². The first-order valence-electron chi connectivity index (χ1n) is 6.38. The van der Waals surface area contributed by atoms with Gasteiger partial charge in [0.15, 0.2) is 0 Å². The van der Waals surface area contributed by atoms with Gasteiger partial charge in [-0.3, -0.25) is 0 Å². The number of alkyl halides is 2. The van der Waals surface area contributed by atoms with Crippen molar-refractivity contribution in [1.29, 1.82) is 0 Å². The van der Waals surface area contributed by atoms with Crippen LogP contribution in [0.4, 0.5) is 8.78 Å². The van der Waals surface area contributed by atoms with Gasteiger partial charge < -0.3 is 9.31 Å².